The lowest BCUT2D eigenvalue weighted by Gasteiger charge is -2.26. The molecule has 5 aromatic rings. The first kappa shape index (κ1) is 27.4. The Labute approximate surface area is 241 Å². The van der Waals surface area contributed by atoms with Crippen molar-refractivity contribution < 1.29 is 13.7 Å². The normalized spacial score (nSPS) is 13.2. The van der Waals surface area contributed by atoms with Crippen LogP contribution in [0.15, 0.2) is 80.8 Å². The zero-order valence-electron chi connectivity index (χ0n) is 23.5. The van der Waals surface area contributed by atoms with E-state index in [1.165, 1.54) is 10.6 Å². The Hall–Kier alpha value is -4.79. The van der Waals surface area contributed by atoms with E-state index in [2.05, 4.69) is 17.1 Å². The molecule has 1 N–H and O–H groups in total. The molecule has 2 heterocycles. The van der Waals surface area contributed by atoms with E-state index < -0.39 is 11.6 Å². The van der Waals surface area contributed by atoms with Gasteiger partial charge in [-0.2, -0.15) is 0 Å². The van der Waals surface area contributed by atoms with E-state index in [0.717, 1.165) is 53.6 Å². The van der Waals surface area contributed by atoms with Gasteiger partial charge in [-0.1, -0.05) is 67.0 Å². The molecule has 214 valence electrons. The van der Waals surface area contributed by atoms with Crippen LogP contribution in [0.3, 0.4) is 0 Å². The molecular weight excluding hydrogens is 535 g/mol. The number of hydrogen-bond acceptors (Lipinski definition) is 6. The van der Waals surface area contributed by atoms with Gasteiger partial charge in [-0.15, -0.1) is 0 Å². The number of hydrogen-bond donors (Lipinski definition) is 1. The van der Waals surface area contributed by atoms with Crippen LogP contribution < -0.4 is 16.1 Å². The average molecular weight is 567 g/mol. The SMILES string of the molecule is CCCc1nc(C)n(-c2ccc(OC3CCC3)c(F)c2)c(=O)c1Cc1ccc(-c2ccccc2-c2noc(=O)[nH]2)cc1. The highest BCUT2D eigenvalue weighted by Crippen LogP contribution is 2.31. The minimum atomic E-state index is -0.615. The van der Waals surface area contributed by atoms with E-state index in [4.69, 9.17) is 14.2 Å². The fourth-order valence-electron chi connectivity index (χ4n) is 5.33. The molecule has 0 aliphatic heterocycles. The number of aromatic amines is 1. The number of benzene rings is 3. The molecule has 0 unspecified atom stereocenters. The molecule has 0 radical (unpaired) electrons. The molecule has 6 rings (SSSR count). The number of nitrogens with one attached hydrogen (secondary N) is 1. The molecule has 2 aromatic heterocycles. The molecule has 0 bridgehead atoms. The van der Waals surface area contributed by atoms with Crippen LogP contribution in [0.5, 0.6) is 5.75 Å². The zero-order valence-corrected chi connectivity index (χ0v) is 23.5. The maximum atomic E-state index is 15.0. The number of aromatic nitrogens is 4. The first-order chi connectivity index (χ1) is 20.4. The summed E-state index contributed by atoms with van der Waals surface area (Å²) in [6.07, 6.45) is 4.90. The fraction of sp³-hybridized carbons (Fsp3) is 0.273. The fourth-order valence-corrected chi connectivity index (χ4v) is 5.33. The average Bonchev–Trinajstić information content (AvgIpc) is 3.40. The van der Waals surface area contributed by atoms with E-state index >= 15 is 0 Å². The van der Waals surface area contributed by atoms with Gasteiger partial charge in [-0.05, 0) is 61.4 Å². The van der Waals surface area contributed by atoms with Crippen LogP contribution in [0.2, 0.25) is 0 Å². The van der Waals surface area contributed by atoms with Crippen LogP contribution in [-0.4, -0.2) is 25.8 Å². The van der Waals surface area contributed by atoms with Crippen molar-refractivity contribution >= 4 is 0 Å². The van der Waals surface area contributed by atoms with Gasteiger partial charge in [0.25, 0.3) is 5.56 Å². The quantitative estimate of drug-likeness (QED) is 0.229. The summed E-state index contributed by atoms with van der Waals surface area (Å²) in [7, 11) is 0. The predicted molar refractivity (Wildman–Crippen MR) is 158 cm³/mol. The highest BCUT2D eigenvalue weighted by atomic mass is 19.1. The highest BCUT2D eigenvalue weighted by molar-refractivity contribution is 5.80. The number of nitrogens with zero attached hydrogens (tertiary/aromatic N) is 3. The minimum absolute atomic E-state index is 0.0580. The standard InChI is InChI=1S/C33H31FN4O4/c1-3-7-29-27(32(39)38(20(2)35-29)23-16-17-30(28(34)19-23)41-24-8-6-9-24)18-21-12-14-22(15-13-21)25-10-4-5-11-26(25)31-36-33(40)42-37-31/h4-5,10-17,19,24H,3,6-9,18H2,1-2H3,(H,36,37,40). The maximum Gasteiger partial charge on any atom is 0.439 e. The Kier molecular flexibility index (Phi) is 7.56. The Morgan fingerprint density at radius 1 is 1.05 bits per heavy atom. The maximum absolute atomic E-state index is 15.0. The molecule has 0 spiro atoms. The molecule has 0 saturated heterocycles. The number of halogens is 1. The number of H-pyrrole nitrogens is 1. The Morgan fingerprint density at radius 3 is 2.45 bits per heavy atom. The largest absolute Gasteiger partial charge is 0.487 e. The summed E-state index contributed by atoms with van der Waals surface area (Å²) < 4.78 is 26.9. The van der Waals surface area contributed by atoms with Crippen LogP contribution in [-0.2, 0) is 12.8 Å². The Morgan fingerprint density at radius 2 is 1.81 bits per heavy atom. The van der Waals surface area contributed by atoms with Crippen LogP contribution in [0.25, 0.3) is 28.2 Å². The van der Waals surface area contributed by atoms with Crippen LogP contribution in [0.4, 0.5) is 4.39 Å². The van der Waals surface area contributed by atoms with Crippen molar-refractivity contribution in [2.24, 2.45) is 0 Å². The van der Waals surface area contributed by atoms with E-state index in [-0.39, 0.29) is 17.4 Å². The smallest absolute Gasteiger partial charge is 0.439 e. The van der Waals surface area contributed by atoms with Crippen molar-refractivity contribution in [2.45, 2.75) is 58.5 Å². The van der Waals surface area contributed by atoms with Gasteiger partial charge in [0.05, 0.1) is 17.5 Å². The van der Waals surface area contributed by atoms with Crippen LogP contribution >= 0.6 is 0 Å². The van der Waals surface area contributed by atoms with E-state index in [1.54, 1.807) is 19.1 Å². The molecule has 1 fully saturated rings. The van der Waals surface area contributed by atoms with Crippen molar-refractivity contribution in [3.05, 3.63) is 116 Å². The molecule has 42 heavy (non-hydrogen) atoms. The summed E-state index contributed by atoms with van der Waals surface area (Å²) in [6.45, 7) is 3.83. The lowest BCUT2D eigenvalue weighted by atomic mass is 9.96. The van der Waals surface area contributed by atoms with Crippen molar-refractivity contribution in [1.29, 1.82) is 0 Å². The predicted octanol–water partition coefficient (Wildman–Crippen LogP) is 6.16. The molecule has 1 aliphatic rings. The summed E-state index contributed by atoms with van der Waals surface area (Å²) >= 11 is 0. The summed E-state index contributed by atoms with van der Waals surface area (Å²) in [5.41, 5.74) is 5.04. The minimum Gasteiger partial charge on any atom is -0.487 e. The van der Waals surface area contributed by atoms with Crippen molar-refractivity contribution in [3.8, 4) is 34.0 Å². The Balaban J connectivity index is 1.32. The van der Waals surface area contributed by atoms with E-state index in [0.29, 0.717) is 35.7 Å². The van der Waals surface area contributed by atoms with Crippen LogP contribution in [0, 0.1) is 12.7 Å². The monoisotopic (exact) mass is 566 g/mol. The van der Waals surface area contributed by atoms with Crippen molar-refractivity contribution in [3.63, 3.8) is 0 Å². The van der Waals surface area contributed by atoms with E-state index in [1.807, 2.05) is 48.5 Å². The number of ether oxygens (including phenoxy) is 1. The topological polar surface area (TPSA) is 103 Å². The lowest BCUT2D eigenvalue weighted by molar-refractivity contribution is 0.115. The van der Waals surface area contributed by atoms with Gasteiger partial charge in [-0.25, -0.2) is 14.2 Å². The molecule has 1 aliphatic carbocycles. The lowest BCUT2D eigenvalue weighted by Crippen LogP contribution is -2.28. The van der Waals surface area contributed by atoms with Crippen molar-refractivity contribution in [2.75, 3.05) is 0 Å². The second-order valence-corrected chi connectivity index (χ2v) is 10.6. The molecule has 1 saturated carbocycles. The summed E-state index contributed by atoms with van der Waals surface area (Å²) in [4.78, 5) is 32.8. The summed E-state index contributed by atoms with van der Waals surface area (Å²) in [5.74, 6) is -0.0283. The third-order valence-corrected chi connectivity index (χ3v) is 7.70. The van der Waals surface area contributed by atoms with Crippen LogP contribution in [0.1, 0.15) is 55.3 Å². The Bertz CT molecular complexity index is 1850. The summed E-state index contributed by atoms with van der Waals surface area (Å²) in [6, 6.07) is 20.1. The molecular formula is C33H31FN4O4. The third-order valence-electron chi connectivity index (χ3n) is 7.70. The van der Waals surface area contributed by atoms with Gasteiger partial charge < -0.3 is 4.74 Å². The van der Waals surface area contributed by atoms with E-state index in [9.17, 15) is 14.0 Å². The van der Waals surface area contributed by atoms with Crippen molar-refractivity contribution in [1.82, 2.24) is 19.7 Å². The molecule has 3 aromatic carbocycles. The molecule has 0 atom stereocenters. The zero-order chi connectivity index (χ0) is 29.2. The highest BCUT2D eigenvalue weighted by Gasteiger charge is 2.22. The van der Waals surface area contributed by atoms with Gasteiger partial charge >= 0.3 is 5.76 Å². The second-order valence-electron chi connectivity index (χ2n) is 10.6. The molecule has 9 heteroatoms. The van der Waals surface area contributed by atoms with Gasteiger partial charge in [0.1, 0.15) is 5.82 Å². The first-order valence-corrected chi connectivity index (χ1v) is 14.2. The first-order valence-electron chi connectivity index (χ1n) is 14.2. The van der Waals surface area contributed by atoms with Gasteiger partial charge in [-0.3, -0.25) is 18.9 Å². The van der Waals surface area contributed by atoms with Gasteiger partial charge in [0.15, 0.2) is 17.4 Å². The number of rotatable bonds is 9. The second kappa shape index (κ2) is 11.6. The summed E-state index contributed by atoms with van der Waals surface area (Å²) in [5, 5.41) is 3.83. The van der Waals surface area contributed by atoms with Gasteiger partial charge in [0, 0.05) is 23.6 Å². The van der Waals surface area contributed by atoms with Gasteiger partial charge in [0.2, 0.25) is 0 Å². The molecule has 0 amide bonds. The molecule has 8 nitrogen and oxygen atoms in total. The number of aryl methyl sites for hydroxylation is 2. The third kappa shape index (κ3) is 5.42.